The highest BCUT2D eigenvalue weighted by Crippen LogP contribution is 2.20. The normalized spacial score (nSPS) is 11.1. The molecule has 2 heterocycles. The second-order valence-corrected chi connectivity index (χ2v) is 7.96. The zero-order valence-corrected chi connectivity index (χ0v) is 18.0. The van der Waals surface area contributed by atoms with E-state index >= 15 is 0 Å². The first kappa shape index (κ1) is 19.8. The van der Waals surface area contributed by atoms with Gasteiger partial charge in [0.05, 0.1) is 12.1 Å². The number of fused-ring (bicyclic) bond motifs is 1. The maximum atomic E-state index is 12.9. The lowest BCUT2D eigenvalue weighted by atomic mass is 10.1. The van der Waals surface area contributed by atoms with Gasteiger partial charge in [-0.2, -0.15) is 0 Å². The minimum Gasteiger partial charge on any atom is -0.258 e. The third kappa shape index (κ3) is 3.78. The monoisotopic (exact) mass is 422 g/mol. The van der Waals surface area contributed by atoms with Gasteiger partial charge in [-0.3, -0.25) is 15.2 Å². The van der Waals surface area contributed by atoms with Crippen molar-refractivity contribution in [3.05, 3.63) is 107 Å². The van der Waals surface area contributed by atoms with Gasteiger partial charge in [0.2, 0.25) is 5.82 Å². The molecule has 0 bridgehead atoms. The van der Waals surface area contributed by atoms with E-state index in [-0.39, 0.29) is 5.91 Å². The molecule has 5 aromatic rings. The molecule has 32 heavy (non-hydrogen) atoms. The van der Waals surface area contributed by atoms with Crippen molar-refractivity contribution in [3.8, 4) is 5.95 Å². The fourth-order valence-electron chi connectivity index (χ4n) is 3.92. The van der Waals surface area contributed by atoms with Crippen molar-refractivity contribution < 1.29 is 9.48 Å². The van der Waals surface area contributed by atoms with Crippen LogP contribution in [0.25, 0.3) is 17.0 Å². The second-order valence-electron chi connectivity index (χ2n) is 7.96. The molecule has 0 atom stereocenters. The molecule has 0 saturated carbocycles. The quantitative estimate of drug-likeness (QED) is 0.408. The second kappa shape index (κ2) is 8.15. The molecule has 0 aliphatic carbocycles. The molecule has 3 aromatic carbocycles. The van der Waals surface area contributed by atoms with E-state index in [2.05, 4.69) is 33.2 Å². The van der Waals surface area contributed by atoms with Gasteiger partial charge in [0.15, 0.2) is 5.52 Å². The molecule has 2 aromatic heterocycles. The molecule has 0 aliphatic rings. The SMILES string of the molecule is Cc1cccc(C(=O)Nc2cc(C)[nH][n+]2-c2nc3ccccc3n2Cc2ccccc2)c1. The number of amides is 1. The summed E-state index contributed by atoms with van der Waals surface area (Å²) < 4.78 is 3.99. The fraction of sp³-hybridized carbons (Fsp3) is 0.115. The molecule has 0 radical (unpaired) electrons. The molecule has 158 valence electrons. The maximum Gasteiger partial charge on any atom is 0.377 e. The number of H-pyrrole nitrogens is 1. The number of aromatic nitrogens is 4. The van der Waals surface area contributed by atoms with Crippen molar-refractivity contribution in [2.75, 3.05) is 5.32 Å². The molecule has 5 rings (SSSR count). The number of nitrogens with one attached hydrogen (secondary N) is 2. The smallest absolute Gasteiger partial charge is 0.258 e. The molecule has 1 amide bonds. The van der Waals surface area contributed by atoms with E-state index < -0.39 is 0 Å². The molecule has 0 unspecified atom stereocenters. The van der Waals surface area contributed by atoms with Crippen molar-refractivity contribution in [2.45, 2.75) is 20.4 Å². The number of carbonyl (C=O) groups excluding carboxylic acids is 1. The summed E-state index contributed by atoms with van der Waals surface area (Å²) in [6, 6.07) is 27.8. The number of aryl methyl sites for hydroxylation is 2. The maximum absolute atomic E-state index is 12.9. The molecule has 0 fully saturated rings. The van der Waals surface area contributed by atoms with E-state index in [0.29, 0.717) is 23.9 Å². The van der Waals surface area contributed by atoms with Gasteiger partial charge in [-0.25, -0.2) is 4.57 Å². The Morgan fingerprint density at radius 1 is 0.969 bits per heavy atom. The van der Waals surface area contributed by atoms with E-state index in [1.54, 1.807) is 0 Å². The van der Waals surface area contributed by atoms with Gasteiger partial charge in [-0.05, 0) is 43.7 Å². The average Bonchev–Trinajstić information content (AvgIpc) is 3.34. The van der Waals surface area contributed by atoms with Gasteiger partial charge in [-0.1, -0.05) is 60.2 Å². The summed E-state index contributed by atoms with van der Waals surface area (Å²) in [6.07, 6.45) is 0. The first-order valence-electron chi connectivity index (χ1n) is 10.6. The number of rotatable bonds is 5. The number of imidazole rings is 1. The van der Waals surface area contributed by atoms with Crippen molar-refractivity contribution in [1.82, 2.24) is 14.6 Å². The van der Waals surface area contributed by atoms with Gasteiger partial charge in [0.1, 0.15) is 5.52 Å². The Morgan fingerprint density at radius 3 is 2.56 bits per heavy atom. The van der Waals surface area contributed by atoms with E-state index in [9.17, 15) is 4.79 Å². The number of nitrogens with zero attached hydrogens (tertiary/aromatic N) is 3. The van der Waals surface area contributed by atoms with Crippen LogP contribution in [0.4, 0.5) is 5.82 Å². The lowest BCUT2D eigenvalue weighted by molar-refractivity contribution is -0.650. The Balaban J connectivity index is 1.59. The standard InChI is InChI=1S/C26H23N5O/c1-18-9-8-12-21(15-18)25(32)28-24-16-19(2)29-31(24)26-27-22-13-6-7-14-23(22)30(26)17-20-10-4-3-5-11-20/h3-16H,17H2,1-2H3,(H,28,29,32)/p+1. The zero-order chi connectivity index (χ0) is 22.1. The lowest BCUT2D eigenvalue weighted by Crippen LogP contribution is -2.40. The van der Waals surface area contributed by atoms with Crippen LogP contribution >= 0.6 is 0 Å². The van der Waals surface area contributed by atoms with Gasteiger partial charge < -0.3 is 0 Å². The Morgan fingerprint density at radius 2 is 1.75 bits per heavy atom. The van der Waals surface area contributed by atoms with Crippen LogP contribution < -0.4 is 10.00 Å². The highest BCUT2D eigenvalue weighted by Gasteiger charge is 2.25. The fourth-order valence-corrected chi connectivity index (χ4v) is 3.92. The number of benzene rings is 3. The van der Waals surface area contributed by atoms with Crippen LogP contribution in [-0.2, 0) is 6.54 Å². The molecule has 6 heteroatoms. The molecule has 0 saturated heterocycles. The molecule has 2 N–H and O–H groups in total. The number of hydrogen-bond acceptors (Lipinski definition) is 2. The molecule has 0 spiro atoms. The van der Waals surface area contributed by atoms with E-state index in [1.165, 1.54) is 5.56 Å². The summed E-state index contributed by atoms with van der Waals surface area (Å²) >= 11 is 0. The van der Waals surface area contributed by atoms with Crippen LogP contribution in [0.5, 0.6) is 0 Å². The van der Waals surface area contributed by atoms with Crippen LogP contribution in [0, 0.1) is 13.8 Å². The number of para-hydroxylation sites is 2. The van der Waals surface area contributed by atoms with Gasteiger partial charge in [0, 0.05) is 11.8 Å². The van der Waals surface area contributed by atoms with E-state index in [0.717, 1.165) is 22.3 Å². The summed E-state index contributed by atoms with van der Waals surface area (Å²) in [7, 11) is 0. The van der Waals surface area contributed by atoms with Crippen molar-refractivity contribution in [3.63, 3.8) is 0 Å². The Labute approximate surface area is 186 Å². The molecule has 0 aliphatic heterocycles. The van der Waals surface area contributed by atoms with E-state index in [4.69, 9.17) is 4.98 Å². The van der Waals surface area contributed by atoms with Gasteiger partial charge in [0.25, 0.3) is 5.91 Å². The Kier molecular flexibility index (Phi) is 5.03. The minimum absolute atomic E-state index is 0.160. The van der Waals surface area contributed by atoms with Crippen LogP contribution in [0.1, 0.15) is 27.2 Å². The van der Waals surface area contributed by atoms with Crippen LogP contribution in [-0.4, -0.2) is 20.6 Å². The summed E-state index contributed by atoms with van der Waals surface area (Å²) in [5.74, 6) is 1.19. The van der Waals surface area contributed by atoms with Crippen LogP contribution in [0.15, 0.2) is 84.9 Å². The van der Waals surface area contributed by atoms with Gasteiger partial charge in [-0.15, -0.1) is 9.67 Å². The lowest BCUT2D eigenvalue weighted by Gasteiger charge is -2.07. The predicted octanol–water partition coefficient (Wildman–Crippen LogP) is 4.56. The summed E-state index contributed by atoms with van der Waals surface area (Å²) in [5, 5.41) is 6.38. The molecule has 6 nitrogen and oxygen atoms in total. The van der Waals surface area contributed by atoms with Gasteiger partial charge >= 0.3 is 5.95 Å². The first-order valence-corrected chi connectivity index (χ1v) is 10.6. The number of anilines is 1. The molecular weight excluding hydrogens is 398 g/mol. The summed E-state index contributed by atoms with van der Waals surface area (Å²) in [4.78, 5) is 17.8. The van der Waals surface area contributed by atoms with Crippen LogP contribution in [0.2, 0.25) is 0 Å². The van der Waals surface area contributed by atoms with Crippen molar-refractivity contribution in [2.24, 2.45) is 0 Å². The van der Waals surface area contributed by atoms with Crippen LogP contribution in [0.3, 0.4) is 0 Å². The van der Waals surface area contributed by atoms with Crippen molar-refractivity contribution in [1.29, 1.82) is 0 Å². The highest BCUT2D eigenvalue weighted by molar-refractivity contribution is 6.03. The average molecular weight is 423 g/mol. The summed E-state index contributed by atoms with van der Waals surface area (Å²) in [6.45, 7) is 4.60. The first-order chi connectivity index (χ1) is 15.6. The minimum atomic E-state index is -0.160. The predicted molar refractivity (Wildman–Crippen MR) is 125 cm³/mol. The third-order valence-electron chi connectivity index (χ3n) is 5.42. The highest BCUT2D eigenvalue weighted by atomic mass is 16.1. The molecular formula is C26H24N5O+. The largest absolute Gasteiger partial charge is 0.377 e. The van der Waals surface area contributed by atoms with E-state index in [1.807, 2.05) is 85.3 Å². The number of carbonyl (C=O) groups is 1. The number of aromatic amines is 1. The zero-order valence-electron chi connectivity index (χ0n) is 18.0. The number of hydrogen-bond donors (Lipinski definition) is 2. The third-order valence-corrected chi connectivity index (χ3v) is 5.42. The summed E-state index contributed by atoms with van der Waals surface area (Å²) in [5.41, 5.74) is 5.68. The van der Waals surface area contributed by atoms with Crippen molar-refractivity contribution >= 4 is 22.8 Å². The topological polar surface area (TPSA) is 66.6 Å². The Hall–Kier alpha value is -4.19. The Bertz CT molecular complexity index is 1410.